The molecule has 0 saturated carbocycles. The van der Waals surface area contributed by atoms with Crippen LogP contribution in [0.15, 0.2) is 48.7 Å². The number of aromatic nitrogens is 1. The van der Waals surface area contributed by atoms with Gasteiger partial charge in [-0.25, -0.2) is 4.98 Å². The standard InChI is InChI=1S/C18H22ClN3/c1-15(17-5-3-2-4-6-17)22-11-9-21(10-12-22)14-16-7-8-18(19)20-13-16/h2-8,13,15H,9-12,14H2,1H3. The highest BCUT2D eigenvalue weighted by Gasteiger charge is 2.21. The van der Waals surface area contributed by atoms with Crippen LogP contribution in [0, 0.1) is 0 Å². The first-order valence-corrected chi connectivity index (χ1v) is 8.22. The number of nitrogens with zero attached hydrogens (tertiary/aromatic N) is 3. The highest BCUT2D eigenvalue weighted by Crippen LogP contribution is 2.21. The average Bonchev–Trinajstić information content (AvgIpc) is 2.58. The van der Waals surface area contributed by atoms with Gasteiger partial charge in [0.2, 0.25) is 0 Å². The smallest absolute Gasteiger partial charge is 0.129 e. The Labute approximate surface area is 137 Å². The van der Waals surface area contributed by atoms with Gasteiger partial charge in [-0.3, -0.25) is 9.80 Å². The summed E-state index contributed by atoms with van der Waals surface area (Å²) in [5, 5.41) is 0.560. The minimum Gasteiger partial charge on any atom is -0.296 e. The van der Waals surface area contributed by atoms with E-state index in [0.717, 1.165) is 32.7 Å². The minimum absolute atomic E-state index is 0.487. The van der Waals surface area contributed by atoms with Gasteiger partial charge in [0, 0.05) is 45.0 Å². The summed E-state index contributed by atoms with van der Waals surface area (Å²) in [6.07, 6.45) is 1.88. The van der Waals surface area contributed by atoms with Crippen LogP contribution in [0.2, 0.25) is 5.15 Å². The van der Waals surface area contributed by atoms with E-state index < -0.39 is 0 Å². The molecule has 1 saturated heterocycles. The SMILES string of the molecule is CC(c1ccccc1)N1CCN(Cc2ccc(Cl)nc2)CC1. The Morgan fingerprint density at radius 2 is 1.77 bits per heavy atom. The summed E-state index contributed by atoms with van der Waals surface area (Å²) in [6, 6.07) is 15.2. The van der Waals surface area contributed by atoms with Crippen molar-refractivity contribution < 1.29 is 0 Å². The highest BCUT2D eigenvalue weighted by molar-refractivity contribution is 6.29. The molecule has 4 heteroatoms. The lowest BCUT2D eigenvalue weighted by molar-refractivity contribution is 0.0978. The maximum absolute atomic E-state index is 5.84. The van der Waals surface area contributed by atoms with Crippen LogP contribution < -0.4 is 0 Å². The Bertz CT molecular complexity index is 577. The van der Waals surface area contributed by atoms with Gasteiger partial charge in [0.25, 0.3) is 0 Å². The molecule has 0 radical (unpaired) electrons. The molecule has 0 aliphatic carbocycles. The van der Waals surface area contributed by atoms with Gasteiger partial charge < -0.3 is 0 Å². The van der Waals surface area contributed by atoms with E-state index in [2.05, 4.69) is 58.1 Å². The summed E-state index contributed by atoms with van der Waals surface area (Å²) in [5.74, 6) is 0. The van der Waals surface area contributed by atoms with E-state index in [1.54, 1.807) is 0 Å². The van der Waals surface area contributed by atoms with E-state index in [4.69, 9.17) is 11.6 Å². The highest BCUT2D eigenvalue weighted by atomic mass is 35.5. The van der Waals surface area contributed by atoms with Crippen molar-refractivity contribution in [3.8, 4) is 0 Å². The molecular formula is C18H22ClN3. The van der Waals surface area contributed by atoms with Crippen molar-refractivity contribution in [2.45, 2.75) is 19.5 Å². The maximum atomic E-state index is 5.84. The first kappa shape index (κ1) is 15.5. The third kappa shape index (κ3) is 3.86. The molecule has 0 amide bonds. The van der Waals surface area contributed by atoms with Gasteiger partial charge in [0.1, 0.15) is 5.15 Å². The maximum Gasteiger partial charge on any atom is 0.129 e. The molecule has 1 unspecified atom stereocenters. The molecule has 22 heavy (non-hydrogen) atoms. The summed E-state index contributed by atoms with van der Waals surface area (Å²) >= 11 is 5.84. The van der Waals surface area contributed by atoms with Gasteiger partial charge in [-0.2, -0.15) is 0 Å². The van der Waals surface area contributed by atoms with Crippen molar-refractivity contribution in [3.63, 3.8) is 0 Å². The topological polar surface area (TPSA) is 19.4 Å². The van der Waals surface area contributed by atoms with Crippen LogP contribution in [0.4, 0.5) is 0 Å². The fraction of sp³-hybridized carbons (Fsp3) is 0.389. The number of pyridine rings is 1. The van der Waals surface area contributed by atoms with Crippen LogP contribution >= 0.6 is 11.6 Å². The number of piperazine rings is 1. The van der Waals surface area contributed by atoms with Gasteiger partial charge in [0.15, 0.2) is 0 Å². The van der Waals surface area contributed by atoms with E-state index in [-0.39, 0.29) is 0 Å². The molecule has 0 bridgehead atoms. The monoisotopic (exact) mass is 315 g/mol. The largest absolute Gasteiger partial charge is 0.296 e. The van der Waals surface area contributed by atoms with E-state index in [0.29, 0.717) is 11.2 Å². The van der Waals surface area contributed by atoms with Crippen LogP contribution in [-0.4, -0.2) is 41.0 Å². The molecule has 116 valence electrons. The van der Waals surface area contributed by atoms with Crippen molar-refractivity contribution in [1.29, 1.82) is 0 Å². The quantitative estimate of drug-likeness (QED) is 0.803. The molecule has 3 rings (SSSR count). The average molecular weight is 316 g/mol. The van der Waals surface area contributed by atoms with Crippen LogP contribution in [0.5, 0.6) is 0 Å². The van der Waals surface area contributed by atoms with Gasteiger partial charge in [0.05, 0.1) is 0 Å². The Balaban J connectivity index is 1.53. The lowest BCUT2D eigenvalue weighted by Crippen LogP contribution is -2.46. The lowest BCUT2D eigenvalue weighted by atomic mass is 10.1. The molecule has 1 fully saturated rings. The second-order valence-corrected chi connectivity index (χ2v) is 6.28. The Morgan fingerprint density at radius 1 is 1.05 bits per heavy atom. The molecule has 1 aromatic carbocycles. The summed E-state index contributed by atoms with van der Waals surface area (Å²) in [6.45, 7) is 7.67. The van der Waals surface area contributed by atoms with Crippen molar-refractivity contribution in [1.82, 2.24) is 14.8 Å². The number of halogens is 1. The normalized spacial score (nSPS) is 18.3. The number of hydrogen-bond donors (Lipinski definition) is 0. The molecule has 2 aromatic rings. The molecule has 1 atom stereocenters. The minimum atomic E-state index is 0.487. The first-order valence-electron chi connectivity index (χ1n) is 7.84. The third-order valence-electron chi connectivity index (χ3n) is 4.43. The first-order chi connectivity index (χ1) is 10.7. The van der Waals surface area contributed by atoms with Crippen LogP contribution in [0.1, 0.15) is 24.1 Å². The molecule has 0 spiro atoms. The van der Waals surface area contributed by atoms with E-state index >= 15 is 0 Å². The van der Waals surface area contributed by atoms with E-state index in [1.165, 1.54) is 11.1 Å². The summed E-state index contributed by atoms with van der Waals surface area (Å²) in [5.41, 5.74) is 2.63. The number of rotatable bonds is 4. The second kappa shape index (κ2) is 7.23. The molecule has 1 aromatic heterocycles. The fourth-order valence-corrected chi connectivity index (χ4v) is 3.12. The van der Waals surface area contributed by atoms with Crippen LogP contribution in [0.25, 0.3) is 0 Å². The lowest BCUT2D eigenvalue weighted by Gasteiger charge is -2.38. The Kier molecular flexibility index (Phi) is 5.08. The second-order valence-electron chi connectivity index (χ2n) is 5.89. The van der Waals surface area contributed by atoms with E-state index in [1.807, 2.05) is 12.3 Å². The van der Waals surface area contributed by atoms with Crippen LogP contribution in [-0.2, 0) is 6.54 Å². The van der Waals surface area contributed by atoms with Gasteiger partial charge in [-0.15, -0.1) is 0 Å². The summed E-state index contributed by atoms with van der Waals surface area (Å²) in [7, 11) is 0. The number of benzene rings is 1. The molecule has 1 aliphatic heterocycles. The van der Waals surface area contributed by atoms with Gasteiger partial charge in [-0.1, -0.05) is 48.0 Å². The third-order valence-corrected chi connectivity index (χ3v) is 4.65. The molecule has 2 heterocycles. The molecule has 1 aliphatic rings. The van der Waals surface area contributed by atoms with Gasteiger partial charge >= 0.3 is 0 Å². The molecule has 3 nitrogen and oxygen atoms in total. The molecular weight excluding hydrogens is 294 g/mol. The molecule has 0 N–H and O–H groups in total. The van der Waals surface area contributed by atoms with Crippen molar-refractivity contribution in [2.75, 3.05) is 26.2 Å². The van der Waals surface area contributed by atoms with Crippen LogP contribution in [0.3, 0.4) is 0 Å². The zero-order chi connectivity index (χ0) is 15.4. The Morgan fingerprint density at radius 3 is 2.41 bits per heavy atom. The van der Waals surface area contributed by atoms with Gasteiger partial charge in [-0.05, 0) is 24.1 Å². The summed E-state index contributed by atoms with van der Waals surface area (Å²) < 4.78 is 0. The fourth-order valence-electron chi connectivity index (χ4n) is 3.01. The zero-order valence-electron chi connectivity index (χ0n) is 13.0. The van der Waals surface area contributed by atoms with Crippen molar-refractivity contribution in [3.05, 3.63) is 64.9 Å². The van der Waals surface area contributed by atoms with Crippen molar-refractivity contribution in [2.24, 2.45) is 0 Å². The number of hydrogen-bond acceptors (Lipinski definition) is 3. The zero-order valence-corrected chi connectivity index (χ0v) is 13.7. The predicted molar refractivity (Wildman–Crippen MR) is 91.0 cm³/mol. The van der Waals surface area contributed by atoms with E-state index in [9.17, 15) is 0 Å². The Hall–Kier alpha value is -1.42. The van der Waals surface area contributed by atoms with Crippen molar-refractivity contribution >= 4 is 11.6 Å². The summed E-state index contributed by atoms with van der Waals surface area (Å²) in [4.78, 5) is 9.20. The predicted octanol–water partition coefficient (Wildman–Crippen LogP) is 3.61.